The second-order valence-corrected chi connectivity index (χ2v) is 8.45. The summed E-state index contributed by atoms with van der Waals surface area (Å²) in [6, 6.07) is 13.6. The molecule has 1 amide bonds. The molecule has 0 saturated carbocycles. The van der Waals surface area contributed by atoms with Crippen molar-refractivity contribution in [2.24, 2.45) is 0 Å². The van der Waals surface area contributed by atoms with Crippen molar-refractivity contribution < 1.29 is 18.0 Å². The number of hydrogen-bond acceptors (Lipinski definition) is 3. The van der Waals surface area contributed by atoms with Crippen molar-refractivity contribution in [3.8, 4) is 0 Å². The van der Waals surface area contributed by atoms with Gasteiger partial charge < -0.3 is 19.2 Å². The lowest BCUT2D eigenvalue weighted by atomic mass is 10.1. The van der Waals surface area contributed by atoms with Crippen LogP contribution in [-0.2, 0) is 12.7 Å². The van der Waals surface area contributed by atoms with Gasteiger partial charge in [0.1, 0.15) is 5.52 Å². The first-order chi connectivity index (χ1) is 16.3. The number of nitrogens with zero attached hydrogens (tertiary/aromatic N) is 3. The topological polar surface area (TPSA) is 58.8 Å². The third kappa shape index (κ3) is 4.07. The second-order valence-electron chi connectivity index (χ2n) is 8.45. The van der Waals surface area contributed by atoms with Gasteiger partial charge in [0, 0.05) is 31.4 Å². The number of hydrogen-bond donors (Lipinski definition) is 1. The van der Waals surface area contributed by atoms with Gasteiger partial charge in [0.05, 0.1) is 23.1 Å². The van der Waals surface area contributed by atoms with E-state index in [0.29, 0.717) is 47.3 Å². The number of carbonyl (C=O) groups is 1. The van der Waals surface area contributed by atoms with Gasteiger partial charge in [0.15, 0.2) is 0 Å². The Morgan fingerprint density at radius 2 is 1.79 bits per heavy atom. The molecule has 0 atom stereocenters. The van der Waals surface area contributed by atoms with Crippen molar-refractivity contribution in [3.05, 3.63) is 87.8 Å². The molecular formula is C25H23F3N4O2. The molecule has 1 N–H and O–H groups in total. The van der Waals surface area contributed by atoms with E-state index < -0.39 is 11.7 Å². The van der Waals surface area contributed by atoms with E-state index >= 15 is 0 Å². The van der Waals surface area contributed by atoms with Crippen molar-refractivity contribution in [1.82, 2.24) is 19.2 Å². The van der Waals surface area contributed by atoms with Crippen LogP contribution in [0.5, 0.6) is 0 Å². The summed E-state index contributed by atoms with van der Waals surface area (Å²) >= 11 is 0. The van der Waals surface area contributed by atoms with Crippen molar-refractivity contribution >= 4 is 22.5 Å². The molecule has 1 fully saturated rings. The molecule has 3 heterocycles. The first-order valence-corrected chi connectivity index (χ1v) is 11.1. The predicted octanol–water partition coefficient (Wildman–Crippen LogP) is 3.76. The van der Waals surface area contributed by atoms with Gasteiger partial charge in [-0.2, -0.15) is 13.2 Å². The number of nitrogens with one attached hydrogen (secondary N) is 1. The maximum atomic E-state index is 13.3. The highest BCUT2D eigenvalue weighted by Gasteiger charge is 2.30. The summed E-state index contributed by atoms with van der Waals surface area (Å²) in [7, 11) is 0. The van der Waals surface area contributed by atoms with Gasteiger partial charge in [-0.05, 0) is 61.0 Å². The third-order valence-corrected chi connectivity index (χ3v) is 6.21. The van der Waals surface area contributed by atoms with Crippen LogP contribution >= 0.6 is 0 Å². The first kappa shape index (κ1) is 22.2. The standard InChI is InChI=1S/C25H23F3N4O2/c26-25(27,28)19-5-1-4-17(14-19)16-32-22-15-18(23(33)30-11-3-9-29-10-13-30)7-8-20(22)31-12-2-6-21(31)24(32)34/h1-2,4-8,12,14-15,29H,3,9-11,13,16H2. The average molecular weight is 468 g/mol. The second kappa shape index (κ2) is 8.64. The maximum absolute atomic E-state index is 13.3. The van der Waals surface area contributed by atoms with Crippen molar-refractivity contribution in [3.63, 3.8) is 0 Å². The molecule has 0 unspecified atom stereocenters. The Morgan fingerprint density at radius 1 is 0.941 bits per heavy atom. The van der Waals surface area contributed by atoms with Crippen molar-refractivity contribution in [2.45, 2.75) is 19.1 Å². The van der Waals surface area contributed by atoms with E-state index in [1.165, 1.54) is 10.6 Å². The molecule has 0 spiro atoms. The van der Waals surface area contributed by atoms with Crippen LogP contribution in [0.15, 0.2) is 65.6 Å². The van der Waals surface area contributed by atoms with E-state index in [4.69, 9.17) is 0 Å². The fraction of sp³-hybridized carbons (Fsp3) is 0.280. The molecule has 6 nitrogen and oxygen atoms in total. The van der Waals surface area contributed by atoms with Gasteiger partial charge in [-0.25, -0.2) is 0 Å². The zero-order chi connectivity index (χ0) is 23.9. The summed E-state index contributed by atoms with van der Waals surface area (Å²) in [5.41, 5.74) is 1.29. The van der Waals surface area contributed by atoms with Crippen LogP contribution in [-0.4, -0.2) is 46.0 Å². The summed E-state index contributed by atoms with van der Waals surface area (Å²) in [5.74, 6) is -0.128. The molecule has 0 radical (unpaired) electrons. The van der Waals surface area contributed by atoms with Crippen LogP contribution in [0, 0.1) is 0 Å². The van der Waals surface area contributed by atoms with Crippen LogP contribution in [0.2, 0.25) is 0 Å². The number of halogens is 3. The molecule has 34 heavy (non-hydrogen) atoms. The molecule has 1 aliphatic rings. The fourth-order valence-corrected chi connectivity index (χ4v) is 4.51. The Hall–Kier alpha value is -3.59. The number of rotatable bonds is 3. The van der Waals surface area contributed by atoms with Crippen LogP contribution in [0.1, 0.15) is 27.9 Å². The Kier molecular flexibility index (Phi) is 5.65. The quantitative estimate of drug-likeness (QED) is 0.498. The lowest BCUT2D eigenvalue weighted by Gasteiger charge is -2.21. The van der Waals surface area contributed by atoms with E-state index in [-0.39, 0.29) is 18.0 Å². The molecule has 0 aliphatic carbocycles. The van der Waals surface area contributed by atoms with E-state index in [1.54, 1.807) is 51.9 Å². The lowest BCUT2D eigenvalue weighted by molar-refractivity contribution is -0.137. The van der Waals surface area contributed by atoms with Gasteiger partial charge in [-0.1, -0.05) is 12.1 Å². The number of benzene rings is 2. The highest BCUT2D eigenvalue weighted by Crippen LogP contribution is 2.30. The van der Waals surface area contributed by atoms with Gasteiger partial charge in [-0.15, -0.1) is 0 Å². The maximum Gasteiger partial charge on any atom is 0.416 e. The average Bonchev–Trinajstić information content (AvgIpc) is 3.16. The van der Waals surface area contributed by atoms with E-state index in [9.17, 15) is 22.8 Å². The number of aromatic nitrogens is 2. The summed E-state index contributed by atoms with van der Waals surface area (Å²) < 4.78 is 42.9. The lowest BCUT2D eigenvalue weighted by Crippen LogP contribution is -2.34. The minimum Gasteiger partial charge on any atom is -0.337 e. The Balaban J connectivity index is 1.63. The molecule has 4 aromatic rings. The van der Waals surface area contributed by atoms with Gasteiger partial charge in [0.2, 0.25) is 0 Å². The van der Waals surface area contributed by atoms with Gasteiger partial charge in [-0.3, -0.25) is 9.59 Å². The number of fused-ring (bicyclic) bond motifs is 3. The number of carbonyl (C=O) groups excluding carboxylic acids is 1. The summed E-state index contributed by atoms with van der Waals surface area (Å²) in [6.45, 7) is 2.74. The molecule has 1 saturated heterocycles. The van der Waals surface area contributed by atoms with Gasteiger partial charge >= 0.3 is 6.18 Å². The summed E-state index contributed by atoms with van der Waals surface area (Å²) in [6.07, 6.45) is -1.87. The monoisotopic (exact) mass is 468 g/mol. The zero-order valence-electron chi connectivity index (χ0n) is 18.3. The normalized spacial score (nSPS) is 15.1. The van der Waals surface area contributed by atoms with Crippen molar-refractivity contribution in [1.29, 1.82) is 0 Å². The first-order valence-electron chi connectivity index (χ1n) is 11.1. The number of amides is 1. The predicted molar refractivity (Wildman–Crippen MR) is 123 cm³/mol. The van der Waals surface area contributed by atoms with Crippen molar-refractivity contribution in [2.75, 3.05) is 26.2 Å². The fourth-order valence-electron chi connectivity index (χ4n) is 4.51. The molecule has 2 aromatic heterocycles. The largest absolute Gasteiger partial charge is 0.416 e. The van der Waals surface area contributed by atoms with E-state index in [0.717, 1.165) is 25.1 Å². The van der Waals surface area contributed by atoms with E-state index in [2.05, 4.69) is 5.32 Å². The molecular weight excluding hydrogens is 445 g/mol. The SMILES string of the molecule is O=C(c1ccc2c(c1)n(Cc1cccc(C(F)(F)F)c1)c(=O)c1cccn12)N1CCCNCC1. The summed E-state index contributed by atoms with van der Waals surface area (Å²) in [5, 5.41) is 3.27. The highest BCUT2D eigenvalue weighted by molar-refractivity contribution is 5.97. The van der Waals surface area contributed by atoms with Crippen LogP contribution in [0.25, 0.3) is 16.6 Å². The zero-order valence-corrected chi connectivity index (χ0v) is 18.3. The highest BCUT2D eigenvalue weighted by atomic mass is 19.4. The Morgan fingerprint density at radius 3 is 2.62 bits per heavy atom. The minimum absolute atomic E-state index is 0.0494. The molecule has 5 rings (SSSR count). The van der Waals surface area contributed by atoms with Crippen LogP contribution in [0.3, 0.4) is 0 Å². The molecule has 176 valence electrons. The molecule has 2 aromatic carbocycles. The third-order valence-electron chi connectivity index (χ3n) is 6.21. The Labute approximate surface area is 193 Å². The number of alkyl halides is 3. The molecule has 1 aliphatic heterocycles. The molecule has 0 bridgehead atoms. The van der Waals surface area contributed by atoms with Crippen LogP contribution in [0.4, 0.5) is 13.2 Å². The smallest absolute Gasteiger partial charge is 0.337 e. The Bertz CT molecular complexity index is 1430. The summed E-state index contributed by atoms with van der Waals surface area (Å²) in [4.78, 5) is 28.3. The molecule has 9 heteroatoms. The van der Waals surface area contributed by atoms with Crippen LogP contribution < -0.4 is 10.9 Å². The van der Waals surface area contributed by atoms with E-state index in [1.807, 2.05) is 0 Å². The minimum atomic E-state index is -4.48. The van der Waals surface area contributed by atoms with Gasteiger partial charge in [0.25, 0.3) is 11.5 Å².